The zero-order chi connectivity index (χ0) is 21.0. The molecule has 0 saturated heterocycles. The highest BCUT2D eigenvalue weighted by Crippen LogP contribution is 2.31. The Morgan fingerprint density at radius 3 is 2.45 bits per heavy atom. The third-order valence-corrected chi connectivity index (χ3v) is 5.32. The van der Waals surface area contributed by atoms with Crippen LogP contribution in [0.15, 0.2) is 42.5 Å². The van der Waals surface area contributed by atoms with Gasteiger partial charge in [0.05, 0.1) is 20.9 Å². The minimum absolute atomic E-state index is 0.548. The topological polar surface area (TPSA) is 44.5 Å². The van der Waals surface area contributed by atoms with Crippen molar-refractivity contribution in [3.8, 4) is 22.9 Å². The van der Waals surface area contributed by atoms with E-state index in [0.717, 1.165) is 35.0 Å². The van der Waals surface area contributed by atoms with Gasteiger partial charge in [-0.1, -0.05) is 23.7 Å². The molecule has 8 heteroatoms. The third kappa shape index (κ3) is 4.63. The molecule has 1 aromatic heterocycles. The van der Waals surface area contributed by atoms with Crippen LogP contribution in [-0.2, 0) is 19.8 Å². The second kappa shape index (κ2) is 9.43. The summed E-state index contributed by atoms with van der Waals surface area (Å²) < 4.78 is 15.5. The molecule has 0 bridgehead atoms. The zero-order valence-electron chi connectivity index (χ0n) is 17.1. The molecule has 3 rings (SSSR count). The van der Waals surface area contributed by atoms with E-state index in [1.54, 1.807) is 14.2 Å². The van der Waals surface area contributed by atoms with Gasteiger partial charge in [-0.2, -0.15) is 5.10 Å². The molecule has 0 N–H and O–H groups in total. The number of halogens is 1. The predicted molar refractivity (Wildman–Crippen MR) is 118 cm³/mol. The fourth-order valence-electron chi connectivity index (χ4n) is 3.28. The van der Waals surface area contributed by atoms with Gasteiger partial charge in [-0.15, -0.1) is 0 Å². The van der Waals surface area contributed by atoms with Gasteiger partial charge in [0.2, 0.25) is 0 Å². The van der Waals surface area contributed by atoms with Crippen molar-refractivity contribution in [1.82, 2.24) is 19.2 Å². The van der Waals surface area contributed by atoms with Crippen LogP contribution in [0.2, 0.25) is 5.02 Å². The molecule has 0 aliphatic heterocycles. The smallest absolute Gasteiger partial charge is 0.199 e. The van der Waals surface area contributed by atoms with Crippen LogP contribution in [0.4, 0.5) is 0 Å². The molecule has 0 spiro atoms. The molecule has 0 unspecified atom stereocenters. The lowest BCUT2D eigenvalue weighted by atomic mass is 10.1. The minimum atomic E-state index is 0.548. The van der Waals surface area contributed by atoms with E-state index in [0.29, 0.717) is 23.0 Å². The van der Waals surface area contributed by atoms with E-state index in [2.05, 4.69) is 11.8 Å². The minimum Gasteiger partial charge on any atom is -0.493 e. The Labute approximate surface area is 181 Å². The number of aromatic nitrogens is 3. The van der Waals surface area contributed by atoms with Gasteiger partial charge in [0, 0.05) is 29.2 Å². The van der Waals surface area contributed by atoms with E-state index >= 15 is 0 Å². The van der Waals surface area contributed by atoms with Gasteiger partial charge in [0.1, 0.15) is 0 Å². The number of nitrogens with zero attached hydrogens (tertiary/aromatic N) is 4. The van der Waals surface area contributed by atoms with Crippen molar-refractivity contribution in [3.63, 3.8) is 0 Å². The van der Waals surface area contributed by atoms with Crippen LogP contribution in [0.25, 0.3) is 11.4 Å². The van der Waals surface area contributed by atoms with Crippen LogP contribution < -0.4 is 9.47 Å². The van der Waals surface area contributed by atoms with Gasteiger partial charge < -0.3 is 14.0 Å². The Kier molecular flexibility index (Phi) is 6.95. The van der Waals surface area contributed by atoms with Crippen LogP contribution in [0, 0.1) is 4.77 Å². The second-order valence-corrected chi connectivity index (χ2v) is 7.47. The first kappa shape index (κ1) is 21.4. The van der Waals surface area contributed by atoms with Crippen LogP contribution in [-0.4, -0.2) is 40.5 Å². The molecule has 0 atom stereocenters. The molecular formula is C21H25ClN4O2S. The van der Waals surface area contributed by atoms with Crippen molar-refractivity contribution in [1.29, 1.82) is 0 Å². The van der Waals surface area contributed by atoms with Gasteiger partial charge in [0.15, 0.2) is 22.1 Å². The number of rotatable bonds is 8. The Morgan fingerprint density at radius 2 is 1.83 bits per heavy atom. The monoisotopic (exact) mass is 432 g/mol. The van der Waals surface area contributed by atoms with Crippen molar-refractivity contribution < 1.29 is 9.47 Å². The Hall–Kier alpha value is -2.35. The third-order valence-electron chi connectivity index (χ3n) is 4.64. The Morgan fingerprint density at radius 1 is 1.10 bits per heavy atom. The molecule has 0 aliphatic rings. The van der Waals surface area contributed by atoms with E-state index in [1.807, 2.05) is 58.8 Å². The molecular weight excluding hydrogens is 408 g/mol. The maximum atomic E-state index is 6.02. The maximum absolute atomic E-state index is 6.02. The standard InChI is InChI=1S/C21H25ClN4O2S/c1-5-25-20(15-9-11-17(22)12-10-15)23-26(21(25)29)14-24(2)13-16-7-6-8-18(27-3)19(16)28-4/h6-12H,5,13-14H2,1-4H3. The summed E-state index contributed by atoms with van der Waals surface area (Å²) in [5.41, 5.74) is 2.02. The molecule has 29 heavy (non-hydrogen) atoms. The number of hydrogen-bond donors (Lipinski definition) is 0. The molecule has 0 radical (unpaired) electrons. The highest BCUT2D eigenvalue weighted by Gasteiger charge is 2.15. The summed E-state index contributed by atoms with van der Waals surface area (Å²) in [6, 6.07) is 13.5. The number of benzene rings is 2. The van der Waals surface area contributed by atoms with E-state index in [1.165, 1.54) is 0 Å². The summed E-state index contributed by atoms with van der Waals surface area (Å²) >= 11 is 11.7. The van der Waals surface area contributed by atoms with Crippen molar-refractivity contribution in [2.75, 3.05) is 21.3 Å². The Balaban J connectivity index is 1.85. The summed E-state index contributed by atoms with van der Waals surface area (Å²) in [6.45, 7) is 4.01. The summed E-state index contributed by atoms with van der Waals surface area (Å²) in [5.74, 6) is 2.29. The normalized spacial score (nSPS) is 11.1. The molecule has 0 saturated carbocycles. The van der Waals surface area contributed by atoms with E-state index in [4.69, 9.17) is 38.4 Å². The molecule has 0 aliphatic carbocycles. The van der Waals surface area contributed by atoms with Gasteiger partial charge in [-0.05, 0) is 56.5 Å². The average molecular weight is 433 g/mol. The van der Waals surface area contributed by atoms with Crippen LogP contribution >= 0.6 is 23.8 Å². The molecule has 6 nitrogen and oxygen atoms in total. The largest absolute Gasteiger partial charge is 0.493 e. The van der Waals surface area contributed by atoms with Gasteiger partial charge in [-0.25, -0.2) is 4.68 Å². The van der Waals surface area contributed by atoms with Gasteiger partial charge in [0.25, 0.3) is 0 Å². The van der Waals surface area contributed by atoms with Crippen molar-refractivity contribution in [3.05, 3.63) is 57.8 Å². The maximum Gasteiger partial charge on any atom is 0.199 e. The number of hydrogen-bond acceptors (Lipinski definition) is 5. The number of methoxy groups -OCH3 is 2. The lowest BCUT2D eigenvalue weighted by Crippen LogP contribution is -2.23. The van der Waals surface area contributed by atoms with Gasteiger partial charge >= 0.3 is 0 Å². The van der Waals surface area contributed by atoms with Crippen molar-refractivity contribution in [2.45, 2.75) is 26.7 Å². The quantitative estimate of drug-likeness (QED) is 0.475. The predicted octanol–water partition coefficient (Wildman–Crippen LogP) is 4.86. The Bertz CT molecular complexity index is 1030. The zero-order valence-corrected chi connectivity index (χ0v) is 18.6. The van der Waals surface area contributed by atoms with Crippen molar-refractivity contribution in [2.24, 2.45) is 0 Å². The fraction of sp³-hybridized carbons (Fsp3) is 0.333. The first-order valence-corrected chi connectivity index (χ1v) is 10.1. The molecule has 0 fully saturated rings. The highest BCUT2D eigenvalue weighted by molar-refractivity contribution is 7.71. The van der Waals surface area contributed by atoms with Gasteiger partial charge in [-0.3, -0.25) is 4.90 Å². The highest BCUT2D eigenvalue weighted by atomic mass is 35.5. The SMILES string of the molecule is CCn1c(-c2ccc(Cl)cc2)nn(CN(C)Cc2cccc(OC)c2OC)c1=S. The van der Waals surface area contributed by atoms with E-state index < -0.39 is 0 Å². The summed E-state index contributed by atoms with van der Waals surface area (Å²) in [5, 5.41) is 5.47. The first-order valence-electron chi connectivity index (χ1n) is 9.30. The average Bonchev–Trinajstić information content (AvgIpc) is 3.03. The molecule has 154 valence electrons. The number of ether oxygens (including phenoxy) is 2. The van der Waals surface area contributed by atoms with E-state index in [9.17, 15) is 0 Å². The lowest BCUT2D eigenvalue weighted by Gasteiger charge is -2.19. The molecule has 0 amide bonds. The molecule has 1 heterocycles. The lowest BCUT2D eigenvalue weighted by molar-refractivity contribution is 0.239. The van der Waals surface area contributed by atoms with Crippen LogP contribution in [0.1, 0.15) is 12.5 Å². The number of para-hydroxylation sites is 1. The van der Waals surface area contributed by atoms with E-state index in [-0.39, 0.29) is 0 Å². The van der Waals surface area contributed by atoms with Crippen LogP contribution in [0.3, 0.4) is 0 Å². The second-order valence-electron chi connectivity index (χ2n) is 6.67. The molecule has 2 aromatic carbocycles. The van der Waals surface area contributed by atoms with Crippen molar-refractivity contribution >= 4 is 23.8 Å². The first-order chi connectivity index (χ1) is 14.0. The summed E-state index contributed by atoms with van der Waals surface area (Å²) in [4.78, 5) is 2.13. The fourth-order valence-corrected chi connectivity index (χ4v) is 3.72. The van der Waals surface area contributed by atoms with Crippen LogP contribution in [0.5, 0.6) is 11.5 Å². The summed E-state index contributed by atoms with van der Waals surface area (Å²) in [6.07, 6.45) is 0. The molecule has 3 aromatic rings. The summed E-state index contributed by atoms with van der Waals surface area (Å²) in [7, 11) is 5.31.